The van der Waals surface area contributed by atoms with Gasteiger partial charge < -0.3 is 9.47 Å². The highest BCUT2D eigenvalue weighted by atomic mass is 35.5. The van der Waals surface area contributed by atoms with Gasteiger partial charge in [0.2, 0.25) is 0 Å². The monoisotopic (exact) mass is 624 g/mol. The molecule has 0 aliphatic heterocycles. The van der Waals surface area contributed by atoms with Crippen molar-refractivity contribution in [2.24, 2.45) is 0 Å². The van der Waals surface area contributed by atoms with Gasteiger partial charge >= 0.3 is 11.9 Å². The molecular weight excluding hydrogens is 602 g/mol. The molecule has 4 rings (SSSR count). The quantitative estimate of drug-likeness (QED) is 0.111. The maximum absolute atomic E-state index is 12.4. The second-order valence-electron chi connectivity index (χ2n) is 9.49. The van der Waals surface area contributed by atoms with Gasteiger partial charge in [0, 0.05) is 17.6 Å². The minimum Gasteiger partial charge on any atom is -0.420 e. The summed E-state index contributed by atoms with van der Waals surface area (Å²) in [5, 5.41) is 0.648. The maximum Gasteiger partial charge on any atom is 0.336 e. The first-order chi connectivity index (χ1) is 19.5. The van der Waals surface area contributed by atoms with E-state index in [0.717, 1.165) is 22.3 Å². The van der Waals surface area contributed by atoms with Crippen LogP contribution in [0.1, 0.15) is 36.1 Å². The summed E-state index contributed by atoms with van der Waals surface area (Å²) in [7, 11) is 0. The van der Waals surface area contributed by atoms with Gasteiger partial charge in [-0.1, -0.05) is 121 Å². The Kier molecular flexibility index (Phi) is 9.95. The number of ether oxygens (including phenoxy) is 2. The van der Waals surface area contributed by atoms with E-state index in [4.69, 9.17) is 55.9 Å². The number of benzene rings is 4. The third-order valence-corrected chi connectivity index (χ3v) is 7.39. The van der Waals surface area contributed by atoms with Gasteiger partial charge in [-0.2, -0.15) is 0 Å². The van der Waals surface area contributed by atoms with Crippen LogP contribution in [-0.4, -0.2) is 11.9 Å². The molecule has 0 atom stereocenters. The molecule has 4 aromatic carbocycles. The normalized spacial score (nSPS) is 11.7. The second-order valence-corrected chi connectivity index (χ2v) is 11.1. The largest absolute Gasteiger partial charge is 0.420 e. The lowest BCUT2D eigenvalue weighted by Crippen LogP contribution is -2.19. The van der Waals surface area contributed by atoms with Gasteiger partial charge in [0.25, 0.3) is 0 Å². The smallest absolute Gasteiger partial charge is 0.336 e. The minimum absolute atomic E-state index is 0.0532. The molecule has 0 saturated carbocycles. The molecule has 0 aromatic heterocycles. The minimum atomic E-state index is -0.688. The standard InChI is InChI=1S/C33H24Cl4O4/c1-33(2,23-17-25(34)31(26(35)18-23)40-29(38)15-13-21-9-5-3-6-10-21)24-19-27(36)32(28(37)20-24)41-30(39)16-14-22-11-7-4-8-12-22/h3-20H,1-2H3. The molecule has 0 aliphatic carbocycles. The number of hydrogen-bond acceptors (Lipinski definition) is 4. The van der Waals surface area contributed by atoms with Crippen LogP contribution in [0.4, 0.5) is 0 Å². The van der Waals surface area contributed by atoms with E-state index in [0.29, 0.717) is 0 Å². The average Bonchev–Trinajstić information content (AvgIpc) is 2.95. The molecule has 4 aromatic rings. The van der Waals surface area contributed by atoms with Gasteiger partial charge in [-0.05, 0) is 58.7 Å². The molecule has 0 saturated heterocycles. The van der Waals surface area contributed by atoms with Crippen molar-refractivity contribution in [1.82, 2.24) is 0 Å². The van der Waals surface area contributed by atoms with Crippen molar-refractivity contribution in [2.75, 3.05) is 0 Å². The van der Waals surface area contributed by atoms with Crippen LogP contribution in [-0.2, 0) is 15.0 Å². The molecule has 0 aliphatic rings. The van der Waals surface area contributed by atoms with Crippen molar-refractivity contribution < 1.29 is 19.1 Å². The highest BCUT2D eigenvalue weighted by Gasteiger charge is 2.28. The molecule has 0 spiro atoms. The third kappa shape index (κ3) is 7.81. The van der Waals surface area contributed by atoms with Crippen LogP contribution in [0.25, 0.3) is 12.2 Å². The molecular formula is C33H24Cl4O4. The lowest BCUT2D eigenvalue weighted by molar-refractivity contribution is -0.129. The molecule has 0 unspecified atom stereocenters. The van der Waals surface area contributed by atoms with Gasteiger partial charge in [0.15, 0.2) is 11.5 Å². The first-order valence-electron chi connectivity index (χ1n) is 12.4. The number of carbonyl (C=O) groups is 2. The summed E-state index contributed by atoms with van der Waals surface area (Å²) in [6, 6.07) is 25.3. The summed E-state index contributed by atoms with van der Waals surface area (Å²) in [6.07, 6.45) is 5.87. The lowest BCUT2D eigenvalue weighted by Gasteiger charge is -2.28. The Labute approximate surface area is 258 Å². The van der Waals surface area contributed by atoms with Crippen LogP contribution in [0, 0.1) is 0 Å². The van der Waals surface area contributed by atoms with E-state index in [9.17, 15) is 9.59 Å². The number of halogens is 4. The van der Waals surface area contributed by atoms with Gasteiger partial charge in [-0.25, -0.2) is 9.59 Å². The van der Waals surface area contributed by atoms with Gasteiger partial charge in [0.05, 0.1) is 20.1 Å². The van der Waals surface area contributed by atoms with E-state index in [-0.39, 0.29) is 31.6 Å². The molecule has 8 heteroatoms. The first-order valence-corrected chi connectivity index (χ1v) is 13.9. The first kappa shape index (κ1) is 30.4. The Bertz CT molecular complexity index is 1460. The number of hydrogen-bond donors (Lipinski definition) is 0. The average molecular weight is 626 g/mol. The summed E-state index contributed by atoms with van der Waals surface area (Å²) < 4.78 is 10.8. The van der Waals surface area contributed by atoms with Crippen LogP contribution >= 0.6 is 46.4 Å². The Morgan fingerprint density at radius 2 is 0.902 bits per heavy atom. The summed E-state index contributed by atoms with van der Waals surface area (Å²) >= 11 is 26.0. The van der Waals surface area contributed by atoms with E-state index < -0.39 is 17.4 Å². The zero-order chi connectivity index (χ0) is 29.6. The Morgan fingerprint density at radius 1 is 0.585 bits per heavy atom. The predicted octanol–water partition coefficient (Wildman–Crippen LogP) is 9.86. The Balaban J connectivity index is 1.52. The van der Waals surface area contributed by atoms with Crippen molar-refractivity contribution in [3.05, 3.63) is 139 Å². The molecule has 0 radical (unpaired) electrons. The van der Waals surface area contributed by atoms with Gasteiger partial charge in [-0.3, -0.25) is 0 Å². The van der Waals surface area contributed by atoms with E-state index >= 15 is 0 Å². The van der Waals surface area contributed by atoms with Crippen molar-refractivity contribution in [3.63, 3.8) is 0 Å². The van der Waals surface area contributed by atoms with Crippen molar-refractivity contribution in [2.45, 2.75) is 19.3 Å². The van der Waals surface area contributed by atoms with E-state index in [2.05, 4.69) is 0 Å². The maximum atomic E-state index is 12.4. The van der Waals surface area contributed by atoms with Crippen LogP contribution in [0.3, 0.4) is 0 Å². The zero-order valence-electron chi connectivity index (χ0n) is 22.0. The number of rotatable bonds is 8. The van der Waals surface area contributed by atoms with Crippen molar-refractivity contribution in [1.29, 1.82) is 0 Å². The fraction of sp³-hybridized carbons (Fsp3) is 0.0909. The zero-order valence-corrected chi connectivity index (χ0v) is 25.1. The Hall–Kier alpha value is -3.54. The molecule has 0 heterocycles. The Morgan fingerprint density at radius 3 is 1.22 bits per heavy atom. The number of carbonyl (C=O) groups excluding carboxylic acids is 2. The van der Waals surface area contributed by atoms with Crippen LogP contribution in [0.5, 0.6) is 11.5 Å². The van der Waals surface area contributed by atoms with E-state index in [1.54, 1.807) is 36.4 Å². The molecule has 0 fully saturated rings. The highest BCUT2D eigenvalue weighted by molar-refractivity contribution is 6.38. The van der Waals surface area contributed by atoms with Gasteiger partial charge in [0.1, 0.15) is 0 Å². The molecule has 208 valence electrons. The highest BCUT2D eigenvalue weighted by Crippen LogP contribution is 2.44. The SMILES string of the molecule is CC(C)(c1cc(Cl)c(OC(=O)C=Cc2ccccc2)c(Cl)c1)c1cc(Cl)c(OC(=O)C=Cc2ccccc2)c(Cl)c1. The topological polar surface area (TPSA) is 52.6 Å². The third-order valence-electron chi connectivity index (χ3n) is 6.27. The molecule has 0 bridgehead atoms. The van der Waals surface area contributed by atoms with Crippen molar-refractivity contribution >= 4 is 70.5 Å². The van der Waals surface area contributed by atoms with Crippen LogP contribution < -0.4 is 9.47 Å². The summed E-state index contributed by atoms with van der Waals surface area (Å²) in [5.74, 6) is -1.13. The molecule has 0 N–H and O–H groups in total. The molecule has 41 heavy (non-hydrogen) atoms. The number of esters is 2. The van der Waals surface area contributed by atoms with Crippen molar-refractivity contribution in [3.8, 4) is 11.5 Å². The fourth-order valence-electron chi connectivity index (χ4n) is 3.93. The fourth-order valence-corrected chi connectivity index (χ4v) is 5.06. The van der Waals surface area contributed by atoms with Gasteiger partial charge in [-0.15, -0.1) is 0 Å². The summed E-state index contributed by atoms with van der Waals surface area (Å²) in [4.78, 5) is 24.8. The lowest BCUT2D eigenvalue weighted by atomic mass is 9.78. The summed E-state index contributed by atoms with van der Waals surface area (Å²) in [5.41, 5.74) is 2.44. The summed E-state index contributed by atoms with van der Waals surface area (Å²) in [6.45, 7) is 3.86. The van der Waals surface area contributed by atoms with E-state index in [1.807, 2.05) is 74.5 Å². The second kappa shape index (κ2) is 13.4. The molecule has 0 amide bonds. The van der Waals surface area contributed by atoms with E-state index in [1.165, 1.54) is 12.2 Å². The van der Waals surface area contributed by atoms with Crippen LogP contribution in [0.2, 0.25) is 20.1 Å². The van der Waals surface area contributed by atoms with Crippen LogP contribution in [0.15, 0.2) is 97.1 Å². The molecule has 4 nitrogen and oxygen atoms in total. The predicted molar refractivity (Wildman–Crippen MR) is 167 cm³/mol.